The lowest BCUT2D eigenvalue weighted by Gasteiger charge is -2.15. The van der Waals surface area contributed by atoms with Crippen molar-refractivity contribution in [2.45, 2.75) is 17.9 Å². The van der Waals surface area contributed by atoms with Crippen LogP contribution in [0.25, 0.3) is 0 Å². The molecule has 2 N–H and O–H groups in total. The van der Waals surface area contributed by atoms with Gasteiger partial charge >= 0.3 is 0 Å². The predicted octanol–water partition coefficient (Wildman–Crippen LogP) is 2.91. The highest BCUT2D eigenvalue weighted by molar-refractivity contribution is 7.92. The number of hydrogen-bond acceptors (Lipinski definition) is 5. The molecule has 2 aromatic rings. The normalized spacial score (nSPS) is 12.3. The number of carbonyl (C=O) groups excluding carboxylic acids is 1. The summed E-state index contributed by atoms with van der Waals surface area (Å²) in [6, 6.07) is 10.4. The van der Waals surface area contributed by atoms with Gasteiger partial charge in [-0.25, -0.2) is 8.42 Å². The van der Waals surface area contributed by atoms with Crippen LogP contribution in [0.3, 0.4) is 0 Å². The van der Waals surface area contributed by atoms with E-state index in [-0.39, 0.29) is 27.2 Å². The molecule has 0 saturated heterocycles. The highest BCUT2D eigenvalue weighted by atomic mass is 35.5. The fraction of sp³-hybridized carbons (Fsp3) is 0.278. The fourth-order valence-electron chi connectivity index (χ4n) is 2.38. The van der Waals surface area contributed by atoms with Gasteiger partial charge in [0, 0.05) is 18.7 Å². The molecule has 2 aromatic carbocycles. The Bertz CT molecular complexity index is 918. The number of sulfonamides is 1. The summed E-state index contributed by atoms with van der Waals surface area (Å²) < 4.78 is 38.1. The Morgan fingerprint density at radius 3 is 2.56 bits per heavy atom. The van der Waals surface area contributed by atoms with Crippen LogP contribution >= 0.6 is 11.6 Å². The summed E-state index contributed by atoms with van der Waals surface area (Å²) >= 11 is 6.08. The van der Waals surface area contributed by atoms with Crippen LogP contribution in [0.4, 0.5) is 5.69 Å². The van der Waals surface area contributed by atoms with Crippen molar-refractivity contribution in [3.05, 3.63) is 53.1 Å². The smallest absolute Gasteiger partial charge is 0.263 e. The second-order valence-electron chi connectivity index (χ2n) is 5.78. The average molecular weight is 413 g/mol. The molecule has 0 spiro atoms. The molecule has 1 atom stereocenters. The number of anilines is 1. The lowest BCUT2D eigenvalue weighted by atomic mass is 10.2. The van der Waals surface area contributed by atoms with Crippen LogP contribution in [0, 0.1) is 0 Å². The number of nitrogens with one attached hydrogen (secondary N) is 2. The third-order valence-electron chi connectivity index (χ3n) is 3.63. The SMILES string of the molecule is COCC(C)NC(=O)c1ccc(Cl)c(S(=O)(=O)Nc2ccccc2OC)c1. The Balaban J connectivity index is 2.32. The lowest BCUT2D eigenvalue weighted by molar-refractivity contribution is 0.0905. The van der Waals surface area contributed by atoms with E-state index in [1.54, 1.807) is 31.2 Å². The summed E-state index contributed by atoms with van der Waals surface area (Å²) in [5, 5.41) is 2.72. The van der Waals surface area contributed by atoms with E-state index in [0.29, 0.717) is 12.4 Å². The molecular formula is C18H21ClN2O5S. The summed E-state index contributed by atoms with van der Waals surface area (Å²) in [5.41, 5.74) is 0.433. The second kappa shape index (κ2) is 9.07. The summed E-state index contributed by atoms with van der Waals surface area (Å²) in [6.45, 7) is 2.11. The van der Waals surface area contributed by atoms with Crippen molar-refractivity contribution in [1.29, 1.82) is 0 Å². The van der Waals surface area contributed by atoms with E-state index < -0.39 is 15.9 Å². The Morgan fingerprint density at radius 2 is 1.89 bits per heavy atom. The van der Waals surface area contributed by atoms with E-state index in [0.717, 1.165) is 0 Å². The number of amides is 1. The number of rotatable bonds is 8. The van der Waals surface area contributed by atoms with Crippen molar-refractivity contribution in [3.63, 3.8) is 0 Å². The minimum atomic E-state index is -4.04. The first-order chi connectivity index (χ1) is 12.8. The predicted molar refractivity (Wildman–Crippen MR) is 104 cm³/mol. The summed E-state index contributed by atoms with van der Waals surface area (Å²) in [7, 11) is -1.07. The second-order valence-corrected chi connectivity index (χ2v) is 7.84. The zero-order chi connectivity index (χ0) is 20.0. The maximum atomic E-state index is 12.8. The molecule has 7 nitrogen and oxygen atoms in total. The molecule has 0 heterocycles. The molecule has 0 saturated carbocycles. The third-order valence-corrected chi connectivity index (χ3v) is 5.48. The molecule has 0 aliphatic carbocycles. The van der Waals surface area contributed by atoms with Crippen molar-refractivity contribution in [2.24, 2.45) is 0 Å². The van der Waals surface area contributed by atoms with Crippen LogP contribution in [0.1, 0.15) is 17.3 Å². The maximum absolute atomic E-state index is 12.8. The third kappa shape index (κ3) is 5.35. The van der Waals surface area contributed by atoms with Crippen LogP contribution in [-0.4, -0.2) is 41.2 Å². The average Bonchev–Trinajstić information content (AvgIpc) is 2.62. The van der Waals surface area contributed by atoms with Gasteiger partial charge in [0.25, 0.3) is 15.9 Å². The first-order valence-corrected chi connectivity index (χ1v) is 9.89. The topological polar surface area (TPSA) is 93.7 Å². The number of para-hydroxylation sites is 2. The quantitative estimate of drug-likeness (QED) is 0.695. The van der Waals surface area contributed by atoms with Gasteiger partial charge in [-0.05, 0) is 37.3 Å². The number of ether oxygens (including phenoxy) is 2. The Hall–Kier alpha value is -2.29. The van der Waals surface area contributed by atoms with Gasteiger partial charge in [0.15, 0.2) is 0 Å². The van der Waals surface area contributed by atoms with E-state index in [1.165, 1.54) is 32.4 Å². The van der Waals surface area contributed by atoms with Gasteiger partial charge in [-0.1, -0.05) is 23.7 Å². The van der Waals surface area contributed by atoms with Crippen LogP contribution < -0.4 is 14.8 Å². The van der Waals surface area contributed by atoms with E-state index >= 15 is 0 Å². The largest absolute Gasteiger partial charge is 0.495 e. The summed E-state index contributed by atoms with van der Waals surface area (Å²) in [6.07, 6.45) is 0. The molecule has 9 heteroatoms. The number of hydrogen-bond donors (Lipinski definition) is 2. The molecule has 0 aliphatic rings. The number of methoxy groups -OCH3 is 2. The molecule has 0 aliphatic heterocycles. The Morgan fingerprint density at radius 1 is 1.19 bits per heavy atom. The maximum Gasteiger partial charge on any atom is 0.263 e. The molecule has 0 radical (unpaired) electrons. The number of benzene rings is 2. The minimum Gasteiger partial charge on any atom is -0.495 e. The van der Waals surface area contributed by atoms with Crippen LogP contribution in [0.5, 0.6) is 5.75 Å². The molecule has 2 rings (SSSR count). The summed E-state index contributed by atoms with van der Waals surface area (Å²) in [5.74, 6) is -0.0653. The number of halogens is 1. The van der Waals surface area contributed by atoms with Gasteiger partial charge in [0.1, 0.15) is 10.6 Å². The van der Waals surface area contributed by atoms with Crippen molar-refractivity contribution >= 4 is 33.2 Å². The molecule has 146 valence electrons. The lowest BCUT2D eigenvalue weighted by Crippen LogP contribution is -2.35. The Labute approximate surface area is 163 Å². The van der Waals surface area contributed by atoms with Gasteiger partial charge in [-0.3, -0.25) is 9.52 Å². The van der Waals surface area contributed by atoms with Crippen molar-refractivity contribution < 1.29 is 22.7 Å². The molecule has 1 amide bonds. The van der Waals surface area contributed by atoms with Crippen LogP contribution in [0.2, 0.25) is 5.02 Å². The van der Waals surface area contributed by atoms with Gasteiger partial charge in [-0.2, -0.15) is 0 Å². The van der Waals surface area contributed by atoms with E-state index in [9.17, 15) is 13.2 Å². The van der Waals surface area contributed by atoms with E-state index in [1.807, 2.05) is 0 Å². The van der Waals surface area contributed by atoms with Gasteiger partial charge < -0.3 is 14.8 Å². The zero-order valence-electron chi connectivity index (χ0n) is 15.2. The molecule has 1 unspecified atom stereocenters. The highest BCUT2D eigenvalue weighted by Gasteiger charge is 2.22. The van der Waals surface area contributed by atoms with Crippen molar-refractivity contribution in [2.75, 3.05) is 25.5 Å². The molecule has 27 heavy (non-hydrogen) atoms. The van der Waals surface area contributed by atoms with Gasteiger partial charge in [0.2, 0.25) is 0 Å². The van der Waals surface area contributed by atoms with Crippen molar-refractivity contribution in [3.8, 4) is 5.75 Å². The standard InChI is InChI=1S/C18H21ClN2O5S/c1-12(11-25-2)20-18(22)13-8-9-14(19)17(10-13)27(23,24)21-15-6-4-5-7-16(15)26-3/h4-10,12,21H,11H2,1-3H3,(H,20,22). The molecular weight excluding hydrogens is 392 g/mol. The molecule has 0 aromatic heterocycles. The monoisotopic (exact) mass is 412 g/mol. The van der Waals surface area contributed by atoms with Crippen molar-refractivity contribution in [1.82, 2.24) is 5.32 Å². The number of carbonyl (C=O) groups is 1. The fourth-order valence-corrected chi connectivity index (χ4v) is 3.98. The van der Waals surface area contributed by atoms with E-state index in [2.05, 4.69) is 10.0 Å². The molecule has 0 bridgehead atoms. The highest BCUT2D eigenvalue weighted by Crippen LogP contribution is 2.29. The summed E-state index contributed by atoms with van der Waals surface area (Å²) in [4.78, 5) is 12.1. The van der Waals surface area contributed by atoms with Crippen LogP contribution in [-0.2, 0) is 14.8 Å². The minimum absolute atomic E-state index is 0.00103. The van der Waals surface area contributed by atoms with Gasteiger partial charge in [-0.15, -0.1) is 0 Å². The first-order valence-electron chi connectivity index (χ1n) is 8.03. The van der Waals surface area contributed by atoms with Crippen LogP contribution in [0.15, 0.2) is 47.4 Å². The van der Waals surface area contributed by atoms with Gasteiger partial charge in [0.05, 0.1) is 24.4 Å². The van der Waals surface area contributed by atoms with E-state index in [4.69, 9.17) is 21.1 Å². The first kappa shape index (κ1) is 21.0. The molecule has 0 fully saturated rings. The Kier molecular flexibility index (Phi) is 7.06. The zero-order valence-corrected chi connectivity index (χ0v) is 16.7.